The molecule has 1 heterocycles. The average Bonchev–Trinajstić information content (AvgIpc) is 2.99. The van der Waals surface area contributed by atoms with E-state index in [1.165, 1.54) is 0 Å². The third-order valence-electron chi connectivity index (χ3n) is 3.69. The number of ether oxygens (including phenoxy) is 2. The standard InChI is InChI=1S/C16H25NO3S/c1-3-19-14-8-6-13(7-9-14)16(17-2)12-21(18)11-15-5-4-10-20-15/h6-9,15-17H,3-5,10-12H2,1-2H3. The van der Waals surface area contributed by atoms with Crippen LogP contribution in [-0.2, 0) is 15.5 Å². The molecule has 0 radical (unpaired) electrons. The first-order chi connectivity index (χ1) is 10.2. The predicted octanol–water partition coefficient (Wildman–Crippen LogP) is 2.27. The van der Waals surface area contributed by atoms with Gasteiger partial charge in [0.05, 0.1) is 12.7 Å². The van der Waals surface area contributed by atoms with Crippen molar-refractivity contribution in [1.82, 2.24) is 5.32 Å². The zero-order valence-electron chi connectivity index (χ0n) is 12.8. The van der Waals surface area contributed by atoms with Crippen LogP contribution in [0.4, 0.5) is 0 Å². The van der Waals surface area contributed by atoms with E-state index in [9.17, 15) is 4.21 Å². The first-order valence-electron chi connectivity index (χ1n) is 7.59. The van der Waals surface area contributed by atoms with E-state index in [4.69, 9.17) is 9.47 Å². The summed E-state index contributed by atoms with van der Waals surface area (Å²) in [5.41, 5.74) is 1.14. The Hall–Kier alpha value is -0.910. The van der Waals surface area contributed by atoms with E-state index in [0.29, 0.717) is 18.1 Å². The second kappa shape index (κ2) is 8.51. The van der Waals surface area contributed by atoms with Gasteiger partial charge < -0.3 is 14.8 Å². The van der Waals surface area contributed by atoms with Crippen molar-refractivity contribution >= 4 is 10.8 Å². The molecular formula is C16H25NO3S. The molecule has 4 nitrogen and oxygen atoms in total. The molecule has 1 saturated heterocycles. The summed E-state index contributed by atoms with van der Waals surface area (Å²) >= 11 is 0. The summed E-state index contributed by atoms with van der Waals surface area (Å²) in [5, 5.41) is 3.25. The lowest BCUT2D eigenvalue weighted by Gasteiger charge is -2.18. The van der Waals surface area contributed by atoms with Crippen LogP contribution in [0, 0.1) is 0 Å². The van der Waals surface area contributed by atoms with Gasteiger partial charge in [0.1, 0.15) is 5.75 Å². The van der Waals surface area contributed by atoms with Gasteiger partial charge >= 0.3 is 0 Å². The maximum absolute atomic E-state index is 12.3. The van der Waals surface area contributed by atoms with Crippen LogP contribution in [0.5, 0.6) is 5.75 Å². The average molecular weight is 311 g/mol. The maximum Gasteiger partial charge on any atom is 0.119 e. The van der Waals surface area contributed by atoms with Gasteiger partial charge in [-0.1, -0.05) is 12.1 Å². The molecule has 3 atom stereocenters. The summed E-state index contributed by atoms with van der Waals surface area (Å²) in [6.45, 7) is 3.45. The number of rotatable bonds is 8. The van der Waals surface area contributed by atoms with Crippen molar-refractivity contribution in [2.75, 3.05) is 31.8 Å². The number of benzene rings is 1. The van der Waals surface area contributed by atoms with Gasteiger partial charge in [-0.2, -0.15) is 0 Å². The number of nitrogens with one attached hydrogen (secondary N) is 1. The Bertz CT molecular complexity index is 443. The minimum Gasteiger partial charge on any atom is -0.494 e. The van der Waals surface area contributed by atoms with E-state index in [1.807, 2.05) is 38.2 Å². The summed E-state index contributed by atoms with van der Waals surface area (Å²) in [7, 11) is 1.04. The molecule has 5 heteroatoms. The monoisotopic (exact) mass is 311 g/mol. The quantitative estimate of drug-likeness (QED) is 0.800. The lowest BCUT2D eigenvalue weighted by atomic mass is 10.1. The van der Waals surface area contributed by atoms with Gasteiger partial charge in [-0.15, -0.1) is 0 Å². The molecule has 0 spiro atoms. The van der Waals surface area contributed by atoms with Gasteiger partial charge in [0, 0.05) is 35.0 Å². The molecular weight excluding hydrogens is 286 g/mol. The van der Waals surface area contributed by atoms with E-state index < -0.39 is 10.8 Å². The van der Waals surface area contributed by atoms with Crippen molar-refractivity contribution in [3.63, 3.8) is 0 Å². The molecule has 1 N–H and O–H groups in total. The van der Waals surface area contributed by atoms with Gasteiger partial charge in [-0.25, -0.2) is 0 Å². The summed E-state index contributed by atoms with van der Waals surface area (Å²) < 4.78 is 23.3. The minimum absolute atomic E-state index is 0.0999. The number of hydrogen-bond donors (Lipinski definition) is 1. The highest BCUT2D eigenvalue weighted by molar-refractivity contribution is 7.85. The van der Waals surface area contributed by atoms with Gasteiger partial charge in [0.2, 0.25) is 0 Å². The first kappa shape index (κ1) is 16.5. The van der Waals surface area contributed by atoms with Crippen molar-refractivity contribution in [3.8, 4) is 5.75 Å². The topological polar surface area (TPSA) is 47.6 Å². The van der Waals surface area contributed by atoms with Crippen LogP contribution in [0.25, 0.3) is 0 Å². The Kier molecular flexibility index (Phi) is 6.67. The van der Waals surface area contributed by atoms with Crippen LogP contribution in [0.3, 0.4) is 0 Å². The largest absolute Gasteiger partial charge is 0.494 e. The molecule has 3 unspecified atom stereocenters. The zero-order valence-corrected chi connectivity index (χ0v) is 13.7. The smallest absolute Gasteiger partial charge is 0.119 e. The first-order valence-corrected chi connectivity index (χ1v) is 9.08. The predicted molar refractivity (Wildman–Crippen MR) is 86.3 cm³/mol. The minimum atomic E-state index is -0.868. The van der Waals surface area contributed by atoms with E-state index in [2.05, 4.69) is 5.32 Å². The van der Waals surface area contributed by atoms with Crippen molar-refractivity contribution in [2.24, 2.45) is 0 Å². The highest BCUT2D eigenvalue weighted by atomic mass is 32.2. The molecule has 0 amide bonds. The Morgan fingerprint density at radius 3 is 2.76 bits per heavy atom. The van der Waals surface area contributed by atoms with E-state index in [0.717, 1.165) is 30.8 Å². The molecule has 21 heavy (non-hydrogen) atoms. The van der Waals surface area contributed by atoms with Gasteiger partial charge in [-0.3, -0.25) is 4.21 Å². The highest BCUT2D eigenvalue weighted by Crippen LogP contribution is 2.20. The van der Waals surface area contributed by atoms with Crippen molar-refractivity contribution in [1.29, 1.82) is 0 Å². The van der Waals surface area contributed by atoms with Crippen molar-refractivity contribution in [3.05, 3.63) is 29.8 Å². The maximum atomic E-state index is 12.3. The van der Waals surface area contributed by atoms with Crippen LogP contribution in [-0.4, -0.2) is 42.1 Å². The highest BCUT2D eigenvalue weighted by Gasteiger charge is 2.20. The molecule has 1 aliphatic heterocycles. The molecule has 0 aromatic heterocycles. The Morgan fingerprint density at radius 1 is 1.43 bits per heavy atom. The second-order valence-electron chi connectivity index (χ2n) is 5.25. The normalized spacial score (nSPS) is 21.1. The second-order valence-corrected chi connectivity index (χ2v) is 6.80. The van der Waals surface area contributed by atoms with Gasteiger partial charge in [0.25, 0.3) is 0 Å². The van der Waals surface area contributed by atoms with E-state index >= 15 is 0 Å². The fraction of sp³-hybridized carbons (Fsp3) is 0.625. The van der Waals surface area contributed by atoms with Crippen LogP contribution in [0.2, 0.25) is 0 Å². The van der Waals surface area contributed by atoms with Gasteiger partial charge in [-0.05, 0) is 44.5 Å². The molecule has 1 aromatic rings. The van der Waals surface area contributed by atoms with Crippen molar-refractivity contribution < 1.29 is 13.7 Å². The fourth-order valence-electron chi connectivity index (χ4n) is 2.55. The Balaban J connectivity index is 1.90. The lowest BCUT2D eigenvalue weighted by molar-refractivity contribution is 0.128. The summed E-state index contributed by atoms with van der Waals surface area (Å²) in [5.74, 6) is 2.14. The lowest BCUT2D eigenvalue weighted by Crippen LogP contribution is -2.26. The van der Waals surface area contributed by atoms with Crippen molar-refractivity contribution in [2.45, 2.75) is 31.9 Å². The summed E-state index contributed by atoms with van der Waals surface area (Å²) in [4.78, 5) is 0. The molecule has 1 fully saturated rings. The number of hydrogen-bond acceptors (Lipinski definition) is 4. The molecule has 0 saturated carbocycles. The summed E-state index contributed by atoms with van der Waals surface area (Å²) in [6, 6.07) is 8.10. The van der Waals surface area contributed by atoms with Crippen LogP contribution in [0.15, 0.2) is 24.3 Å². The fourth-order valence-corrected chi connectivity index (χ4v) is 4.09. The molecule has 0 bridgehead atoms. The van der Waals surface area contributed by atoms with Crippen LogP contribution >= 0.6 is 0 Å². The Labute approximate surface area is 129 Å². The molecule has 0 aliphatic carbocycles. The van der Waals surface area contributed by atoms with E-state index in [-0.39, 0.29) is 12.1 Å². The molecule has 2 rings (SSSR count). The van der Waals surface area contributed by atoms with Crippen LogP contribution in [0.1, 0.15) is 31.4 Å². The van der Waals surface area contributed by atoms with E-state index in [1.54, 1.807) is 0 Å². The van der Waals surface area contributed by atoms with Gasteiger partial charge in [0.15, 0.2) is 0 Å². The summed E-state index contributed by atoms with van der Waals surface area (Å²) in [6.07, 6.45) is 2.32. The third-order valence-corrected chi connectivity index (χ3v) is 5.14. The van der Waals surface area contributed by atoms with Crippen LogP contribution < -0.4 is 10.1 Å². The third kappa shape index (κ3) is 5.09. The Morgan fingerprint density at radius 2 is 2.19 bits per heavy atom. The molecule has 1 aliphatic rings. The molecule has 118 valence electrons. The molecule has 1 aromatic carbocycles. The zero-order chi connectivity index (χ0) is 15.1. The SMILES string of the molecule is CCOc1ccc(C(CS(=O)CC2CCCO2)NC)cc1.